The van der Waals surface area contributed by atoms with Gasteiger partial charge in [-0.05, 0) is 57.0 Å². The first-order valence-electron chi connectivity index (χ1n) is 7.94. The molecule has 1 heterocycles. The second kappa shape index (κ2) is 8.41. The zero-order chi connectivity index (χ0) is 19.4. The summed E-state index contributed by atoms with van der Waals surface area (Å²) in [6.45, 7) is 0.0166. The van der Waals surface area contributed by atoms with Gasteiger partial charge in [0, 0.05) is 0 Å². The molecule has 1 saturated heterocycles. The van der Waals surface area contributed by atoms with Crippen molar-refractivity contribution in [1.82, 2.24) is 4.90 Å². The van der Waals surface area contributed by atoms with Crippen molar-refractivity contribution >= 4 is 50.8 Å². The molecule has 3 rings (SSSR count). The second-order valence-electron chi connectivity index (χ2n) is 5.70. The van der Waals surface area contributed by atoms with Gasteiger partial charge < -0.3 is 10.5 Å². The highest BCUT2D eigenvalue weighted by molar-refractivity contribution is 9.10. The molecule has 0 atom stereocenters. The molecular weight excluding hydrogens is 432 g/mol. The third-order valence-corrected chi connectivity index (χ3v) is 5.21. The molecule has 0 aromatic heterocycles. The second-order valence-corrected chi connectivity index (χ2v) is 7.55. The van der Waals surface area contributed by atoms with E-state index in [2.05, 4.69) is 15.9 Å². The molecule has 0 aliphatic carbocycles. The highest BCUT2D eigenvalue weighted by Crippen LogP contribution is 2.33. The molecule has 0 unspecified atom stereocenters. The van der Waals surface area contributed by atoms with Gasteiger partial charge in [0.2, 0.25) is 5.91 Å². The highest BCUT2D eigenvalue weighted by atomic mass is 79.9. The fourth-order valence-corrected chi connectivity index (χ4v) is 3.75. The quantitative estimate of drug-likeness (QED) is 0.685. The number of benzene rings is 2. The molecule has 8 heteroatoms. The fraction of sp³-hybridized carbons (Fsp3) is 0.105. The molecule has 1 aliphatic heterocycles. The molecule has 2 aromatic carbocycles. The van der Waals surface area contributed by atoms with Gasteiger partial charge in [-0.2, -0.15) is 0 Å². The summed E-state index contributed by atoms with van der Waals surface area (Å²) in [6.07, 6.45) is 1.59. The number of carbonyl (C=O) groups is 3. The number of hydrogen-bond acceptors (Lipinski definition) is 5. The van der Waals surface area contributed by atoms with Crippen LogP contribution in [0.25, 0.3) is 6.08 Å². The van der Waals surface area contributed by atoms with Crippen LogP contribution in [-0.2, 0) is 16.2 Å². The minimum Gasteiger partial charge on any atom is -0.488 e. The first-order valence-corrected chi connectivity index (χ1v) is 9.55. The smallest absolute Gasteiger partial charge is 0.294 e. The summed E-state index contributed by atoms with van der Waals surface area (Å²) >= 11 is 4.24. The van der Waals surface area contributed by atoms with Crippen molar-refractivity contribution in [2.75, 3.05) is 6.54 Å². The molecule has 0 radical (unpaired) electrons. The Kier molecular flexibility index (Phi) is 5.98. The maximum atomic E-state index is 12.2. The predicted molar refractivity (Wildman–Crippen MR) is 107 cm³/mol. The maximum Gasteiger partial charge on any atom is 0.294 e. The van der Waals surface area contributed by atoms with Gasteiger partial charge in [-0.25, -0.2) is 0 Å². The van der Waals surface area contributed by atoms with Crippen LogP contribution >= 0.6 is 27.7 Å². The van der Waals surface area contributed by atoms with E-state index in [1.807, 2.05) is 30.3 Å². The lowest BCUT2D eigenvalue weighted by Gasteiger charge is -2.09. The van der Waals surface area contributed by atoms with Crippen LogP contribution in [0.2, 0.25) is 0 Å². The van der Waals surface area contributed by atoms with Gasteiger partial charge in [-0.1, -0.05) is 36.4 Å². The molecule has 6 nitrogen and oxygen atoms in total. The molecule has 2 N–H and O–H groups in total. The van der Waals surface area contributed by atoms with E-state index in [9.17, 15) is 14.4 Å². The van der Waals surface area contributed by atoms with E-state index in [4.69, 9.17) is 10.5 Å². The number of nitrogens with zero attached hydrogens (tertiary/aromatic N) is 1. The SMILES string of the molecule is NC(=O)CN1C(=O)S/C(=C\c2ccc(OCc3ccccc3)c(Br)c2)C1=O. The van der Waals surface area contributed by atoms with Crippen molar-refractivity contribution in [2.45, 2.75) is 6.61 Å². The fourth-order valence-electron chi connectivity index (χ4n) is 2.40. The molecule has 1 fully saturated rings. The number of ether oxygens (including phenoxy) is 1. The Morgan fingerprint density at radius 3 is 2.59 bits per heavy atom. The van der Waals surface area contributed by atoms with Crippen LogP contribution < -0.4 is 10.5 Å². The standard InChI is InChI=1S/C19H15BrN2O4S/c20-14-8-13(6-7-15(14)26-11-12-4-2-1-3-5-12)9-16-18(24)22(10-17(21)23)19(25)27-16/h1-9H,10-11H2,(H2,21,23)/b16-9-. The summed E-state index contributed by atoms with van der Waals surface area (Å²) < 4.78 is 6.52. The zero-order valence-electron chi connectivity index (χ0n) is 14.1. The summed E-state index contributed by atoms with van der Waals surface area (Å²) in [5.41, 5.74) is 6.84. The number of hydrogen-bond donors (Lipinski definition) is 1. The van der Waals surface area contributed by atoms with Crippen LogP contribution in [0.1, 0.15) is 11.1 Å². The van der Waals surface area contributed by atoms with Crippen molar-refractivity contribution in [3.8, 4) is 5.75 Å². The summed E-state index contributed by atoms with van der Waals surface area (Å²) in [4.78, 5) is 36.2. The van der Waals surface area contributed by atoms with Crippen molar-refractivity contribution in [2.24, 2.45) is 5.73 Å². The summed E-state index contributed by atoms with van der Waals surface area (Å²) in [5, 5.41) is -0.507. The van der Waals surface area contributed by atoms with Crippen LogP contribution in [0.15, 0.2) is 57.9 Å². The van der Waals surface area contributed by atoms with E-state index in [-0.39, 0.29) is 4.91 Å². The van der Waals surface area contributed by atoms with Crippen molar-refractivity contribution in [3.05, 3.63) is 69.0 Å². The van der Waals surface area contributed by atoms with Crippen LogP contribution in [0, 0.1) is 0 Å². The Morgan fingerprint density at radius 2 is 1.93 bits per heavy atom. The van der Waals surface area contributed by atoms with Gasteiger partial charge in [0.05, 0.1) is 9.38 Å². The highest BCUT2D eigenvalue weighted by Gasteiger charge is 2.35. The molecule has 27 heavy (non-hydrogen) atoms. The lowest BCUT2D eigenvalue weighted by Crippen LogP contribution is -2.36. The van der Waals surface area contributed by atoms with Crippen LogP contribution in [0.3, 0.4) is 0 Å². The van der Waals surface area contributed by atoms with Gasteiger partial charge in [0.15, 0.2) is 0 Å². The number of thioether (sulfide) groups is 1. The van der Waals surface area contributed by atoms with Crippen LogP contribution in [0.5, 0.6) is 5.75 Å². The molecule has 1 aliphatic rings. The number of amides is 3. The van der Waals surface area contributed by atoms with Gasteiger partial charge in [-0.3, -0.25) is 19.3 Å². The van der Waals surface area contributed by atoms with Gasteiger partial charge in [0.1, 0.15) is 18.9 Å². The summed E-state index contributed by atoms with van der Waals surface area (Å²) in [7, 11) is 0. The monoisotopic (exact) mass is 446 g/mol. The first-order chi connectivity index (χ1) is 12.9. The first kappa shape index (κ1) is 19.2. The maximum absolute atomic E-state index is 12.2. The molecule has 138 valence electrons. The Bertz CT molecular complexity index is 931. The van der Waals surface area contributed by atoms with E-state index in [1.165, 1.54) is 0 Å². The number of carbonyl (C=O) groups excluding carboxylic acids is 3. The third-order valence-electron chi connectivity index (χ3n) is 3.68. The number of rotatable bonds is 6. The molecule has 0 saturated carbocycles. The average Bonchev–Trinajstić information content (AvgIpc) is 2.89. The minimum absolute atomic E-state index is 0.242. The Labute approximate surface area is 168 Å². The summed E-state index contributed by atoms with van der Waals surface area (Å²) in [6, 6.07) is 15.2. The van der Waals surface area contributed by atoms with Gasteiger partial charge in [-0.15, -0.1) is 0 Å². The van der Waals surface area contributed by atoms with E-state index >= 15 is 0 Å². The predicted octanol–water partition coefficient (Wildman–Crippen LogP) is 3.55. The Balaban J connectivity index is 1.72. The Hall–Kier alpha value is -2.58. The Morgan fingerprint density at radius 1 is 1.19 bits per heavy atom. The average molecular weight is 447 g/mol. The largest absolute Gasteiger partial charge is 0.488 e. The molecule has 2 aromatic rings. The van der Waals surface area contributed by atoms with Crippen LogP contribution in [0.4, 0.5) is 4.79 Å². The van der Waals surface area contributed by atoms with E-state index in [0.29, 0.717) is 12.4 Å². The molecular formula is C19H15BrN2O4S. The number of nitrogens with two attached hydrogens (primary N) is 1. The molecule has 3 amide bonds. The number of imide groups is 1. The number of primary amides is 1. The van der Waals surface area contributed by atoms with Crippen molar-refractivity contribution in [1.29, 1.82) is 0 Å². The van der Waals surface area contributed by atoms with Crippen LogP contribution in [-0.4, -0.2) is 28.5 Å². The van der Waals surface area contributed by atoms with Gasteiger partial charge >= 0.3 is 0 Å². The summed E-state index contributed by atoms with van der Waals surface area (Å²) in [5.74, 6) is -0.594. The minimum atomic E-state index is -0.735. The van der Waals surface area contributed by atoms with E-state index in [1.54, 1.807) is 24.3 Å². The van der Waals surface area contributed by atoms with E-state index < -0.39 is 23.6 Å². The molecule has 0 bridgehead atoms. The number of halogens is 1. The van der Waals surface area contributed by atoms with E-state index in [0.717, 1.165) is 32.3 Å². The van der Waals surface area contributed by atoms with Crippen molar-refractivity contribution in [3.63, 3.8) is 0 Å². The van der Waals surface area contributed by atoms with Gasteiger partial charge in [0.25, 0.3) is 11.1 Å². The topological polar surface area (TPSA) is 89.7 Å². The lowest BCUT2D eigenvalue weighted by atomic mass is 10.2. The zero-order valence-corrected chi connectivity index (χ0v) is 16.5. The molecule has 0 spiro atoms. The third kappa shape index (κ3) is 4.78. The van der Waals surface area contributed by atoms with Crippen molar-refractivity contribution < 1.29 is 19.1 Å². The lowest BCUT2D eigenvalue weighted by molar-refractivity contribution is -0.127. The normalized spacial score (nSPS) is 15.4.